The lowest BCUT2D eigenvalue weighted by molar-refractivity contribution is -0.105. The van der Waals surface area contributed by atoms with Gasteiger partial charge in [0.2, 0.25) is 0 Å². The van der Waals surface area contributed by atoms with Crippen LogP contribution in [0.25, 0.3) is 0 Å². The average Bonchev–Trinajstić information content (AvgIpc) is 3.19. The van der Waals surface area contributed by atoms with E-state index in [1.54, 1.807) is 7.11 Å². The van der Waals surface area contributed by atoms with Crippen LogP contribution in [0.5, 0.6) is 0 Å². The molecule has 3 saturated carbocycles. The Balaban J connectivity index is 0.00000121. The fourth-order valence-corrected chi connectivity index (χ4v) is 9.39. The summed E-state index contributed by atoms with van der Waals surface area (Å²) in [5, 5.41) is 15.0. The minimum Gasteiger partial charge on any atom is -0.400 e. The quantitative estimate of drug-likeness (QED) is 0.0680. The summed E-state index contributed by atoms with van der Waals surface area (Å²) >= 11 is 0. The maximum absolute atomic E-state index is 15.6. The number of unbranched alkanes of at least 4 members (excludes halogenated alkanes) is 2. The Labute approximate surface area is 318 Å². The molecule has 1 aromatic rings. The molecular formula is C46H77FO5. The molecule has 3 fully saturated rings. The van der Waals surface area contributed by atoms with Gasteiger partial charge in [-0.3, -0.25) is 4.79 Å². The van der Waals surface area contributed by atoms with Gasteiger partial charge in [-0.25, -0.2) is 4.39 Å². The number of aliphatic hydroxyl groups is 2. The lowest BCUT2D eigenvalue weighted by atomic mass is 9.64. The Morgan fingerprint density at radius 2 is 1.37 bits per heavy atom. The van der Waals surface area contributed by atoms with Gasteiger partial charge in [-0.1, -0.05) is 69.7 Å². The van der Waals surface area contributed by atoms with Gasteiger partial charge in [0.1, 0.15) is 18.9 Å². The third kappa shape index (κ3) is 17.8. The number of hydrogen-bond acceptors (Lipinski definition) is 5. The van der Waals surface area contributed by atoms with Crippen molar-refractivity contribution in [2.24, 2.45) is 29.6 Å². The van der Waals surface area contributed by atoms with Crippen LogP contribution in [0, 0.1) is 35.4 Å². The van der Waals surface area contributed by atoms with Crippen molar-refractivity contribution >= 4 is 13.1 Å². The maximum Gasteiger partial charge on any atom is 0.147 e. The molecule has 0 aliphatic heterocycles. The fourth-order valence-electron chi connectivity index (χ4n) is 9.39. The van der Waals surface area contributed by atoms with Crippen molar-refractivity contribution in [3.63, 3.8) is 0 Å². The Morgan fingerprint density at radius 3 is 1.81 bits per heavy atom. The first-order valence-electron chi connectivity index (χ1n) is 20.7. The topological polar surface area (TPSA) is 83.8 Å². The molecule has 3 aliphatic rings. The summed E-state index contributed by atoms with van der Waals surface area (Å²) in [6.45, 7) is 14.2. The Hall–Kier alpha value is -2.15. The predicted molar refractivity (Wildman–Crippen MR) is 216 cm³/mol. The van der Waals surface area contributed by atoms with Crippen molar-refractivity contribution in [1.82, 2.24) is 0 Å². The summed E-state index contributed by atoms with van der Waals surface area (Å²) in [5.74, 6) is 5.78. The normalized spacial score (nSPS) is 24.8. The fraction of sp³-hybridized carbons (Fsp3) is 0.739. The van der Waals surface area contributed by atoms with E-state index in [2.05, 4.69) is 39.1 Å². The molecule has 0 saturated heterocycles. The van der Waals surface area contributed by atoms with Crippen LogP contribution in [-0.2, 0) is 14.3 Å². The summed E-state index contributed by atoms with van der Waals surface area (Å²) in [5.41, 5.74) is 3.63. The number of halogens is 1. The molecule has 6 heteroatoms. The van der Waals surface area contributed by atoms with Crippen LogP contribution in [0.4, 0.5) is 4.39 Å². The molecule has 1 atom stereocenters. The van der Waals surface area contributed by atoms with Gasteiger partial charge in [-0.15, -0.1) is 6.58 Å². The third-order valence-corrected chi connectivity index (χ3v) is 12.4. The van der Waals surface area contributed by atoms with Crippen LogP contribution in [0.1, 0.15) is 172 Å². The maximum atomic E-state index is 15.6. The van der Waals surface area contributed by atoms with Gasteiger partial charge < -0.3 is 19.7 Å². The molecule has 1 aromatic carbocycles. The van der Waals surface area contributed by atoms with Gasteiger partial charge in [0.25, 0.3) is 0 Å². The van der Waals surface area contributed by atoms with E-state index >= 15 is 4.39 Å². The van der Waals surface area contributed by atoms with Gasteiger partial charge in [0.05, 0.1) is 6.61 Å². The van der Waals surface area contributed by atoms with Crippen molar-refractivity contribution in [3.05, 3.63) is 59.4 Å². The minimum atomic E-state index is -0.233. The number of methoxy groups -OCH3 is 1. The first-order valence-corrected chi connectivity index (χ1v) is 20.7. The second-order valence-corrected chi connectivity index (χ2v) is 16.0. The number of allylic oxidation sites excluding steroid dienone is 1. The number of carbonyl (C=O) groups excluding carboxylic acids is 2. The molecule has 4 rings (SSSR count). The molecule has 0 radical (unpaired) electrons. The number of aldehydes is 1. The summed E-state index contributed by atoms with van der Waals surface area (Å²) in [7, 11) is 2.77. The van der Waals surface area contributed by atoms with Crippen LogP contribution in [0.3, 0.4) is 0 Å². The highest BCUT2D eigenvalue weighted by Crippen LogP contribution is 2.48. The minimum absolute atomic E-state index is 0.0492. The molecule has 0 spiro atoms. The van der Waals surface area contributed by atoms with Gasteiger partial charge in [0, 0.05) is 26.4 Å². The average molecular weight is 729 g/mol. The van der Waals surface area contributed by atoms with Crippen LogP contribution < -0.4 is 0 Å². The van der Waals surface area contributed by atoms with Crippen molar-refractivity contribution in [2.75, 3.05) is 27.4 Å². The van der Waals surface area contributed by atoms with E-state index in [1.807, 2.05) is 12.9 Å². The second-order valence-electron chi connectivity index (χ2n) is 16.0. The molecule has 52 heavy (non-hydrogen) atoms. The number of carbonyl (C=O) groups is 2. The smallest absolute Gasteiger partial charge is 0.147 e. The number of rotatable bonds is 18. The summed E-state index contributed by atoms with van der Waals surface area (Å²) in [6, 6.07) is 6.30. The highest BCUT2D eigenvalue weighted by molar-refractivity contribution is 5.72. The van der Waals surface area contributed by atoms with Crippen molar-refractivity contribution in [3.8, 4) is 0 Å². The molecular weight excluding hydrogens is 651 g/mol. The molecule has 2 N–H and O–H groups in total. The summed E-state index contributed by atoms with van der Waals surface area (Å²) < 4.78 is 20.9. The first-order chi connectivity index (χ1) is 25.3. The van der Waals surface area contributed by atoms with E-state index in [9.17, 15) is 4.79 Å². The zero-order chi connectivity index (χ0) is 38.7. The number of ether oxygens (including phenoxy) is 1. The van der Waals surface area contributed by atoms with Gasteiger partial charge in [-0.05, 0) is 162 Å². The molecule has 3 aliphatic carbocycles. The predicted octanol–water partition coefficient (Wildman–Crippen LogP) is 11.7. The number of aliphatic hydroxyl groups excluding tert-OH is 2. The van der Waals surface area contributed by atoms with Crippen LogP contribution in [0.15, 0.2) is 42.5 Å². The van der Waals surface area contributed by atoms with E-state index in [1.165, 1.54) is 114 Å². The molecule has 0 bridgehead atoms. The molecule has 1 unspecified atom stereocenters. The lowest BCUT2D eigenvalue weighted by Gasteiger charge is -2.41. The molecule has 5 nitrogen and oxygen atoms in total. The van der Waals surface area contributed by atoms with Gasteiger partial charge >= 0.3 is 0 Å². The van der Waals surface area contributed by atoms with E-state index in [4.69, 9.17) is 19.7 Å². The van der Waals surface area contributed by atoms with Crippen LogP contribution in [-0.4, -0.2) is 50.7 Å². The van der Waals surface area contributed by atoms with Crippen LogP contribution >= 0.6 is 0 Å². The van der Waals surface area contributed by atoms with E-state index in [0.29, 0.717) is 18.1 Å². The van der Waals surface area contributed by atoms with Gasteiger partial charge in [0.15, 0.2) is 0 Å². The van der Waals surface area contributed by atoms with Crippen molar-refractivity contribution < 1.29 is 28.9 Å². The third-order valence-electron chi connectivity index (χ3n) is 12.4. The van der Waals surface area contributed by atoms with Gasteiger partial charge in [-0.2, -0.15) is 0 Å². The highest BCUT2D eigenvalue weighted by Gasteiger charge is 2.35. The highest BCUT2D eigenvalue weighted by atomic mass is 19.1. The zero-order valence-corrected chi connectivity index (χ0v) is 33.7. The monoisotopic (exact) mass is 729 g/mol. The second kappa shape index (κ2) is 29.2. The Bertz CT molecular complexity index is 1080. The number of benzene rings is 1. The van der Waals surface area contributed by atoms with E-state index < -0.39 is 0 Å². The summed E-state index contributed by atoms with van der Waals surface area (Å²) in [4.78, 5) is 17.5. The Morgan fingerprint density at radius 1 is 0.846 bits per heavy atom. The van der Waals surface area contributed by atoms with E-state index in [0.717, 1.165) is 81.0 Å². The Kier molecular flexibility index (Phi) is 26.9. The van der Waals surface area contributed by atoms with Crippen molar-refractivity contribution in [1.29, 1.82) is 0 Å². The summed E-state index contributed by atoms with van der Waals surface area (Å²) in [6.07, 6.45) is 28.6. The van der Waals surface area contributed by atoms with E-state index in [-0.39, 0.29) is 18.0 Å². The molecule has 298 valence electrons. The lowest BCUT2D eigenvalue weighted by Crippen LogP contribution is -2.29. The molecule has 0 heterocycles. The standard InChI is InChI=1S/C40H65FO.C4H6O2.CH4O.CH2O/c1-5-6-7-11-31-14-16-33(17-15-31)34-18-20-35(21-19-34)36-22-24-37(25-23-36)39-27-26-38(29-40(39)41)32(13-9-28-42-4)12-8-10-30(2)3;1-4(2-5)3-6;2*1-2/h26-27,29,31-37H,2,5-25,28H2,1,3-4H3;2,6H,1,3H2;2H,1H3;1H2. The largest absolute Gasteiger partial charge is 0.400 e. The first kappa shape index (κ1) is 47.9. The molecule has 0 aromatic heterocycles. The van der Waals surface area contributed by atoms with Crippen LogP contribution in [0.2, 0.25) is 0 Å². The number of hydrogen-bond donors (Lipinski definition) is 2. The molecule has 0 amide bonds. The SMILES string of the molecule is C=C(C)CCCC(CCCOC)c1ccc(C2CCC(C3CCC(C4CCC(CCCCC)CC4)CC3)CC2)c(F)c1.C=C(C=O)CO.C=O.CO. The zero-order valence-electron chi connectivity index (χ0n) is 33.7. The van der Waals surface area contributed by atoms with Crippen molar-refractivity contribution in [2.45, 2.75) is 161 Å².